The first-order valence-corrected chi connectivity index (χ1v) is 10.7. The molecule has 0 radical (unpaired) electrons. The van der Waals surface area contributed by atoms with Crippen molar-refractivity contribution in [2.45, 2.75) is 76.2 Å². The van der Waals surface area contributed by atoms with Crippen molar-refractivity contribution in [1.29, 1.82) is 0 Å². The Labute approximate surface area is 175 Å². The summed E-state index contributed by atoms with van der Waals surface area (Å²) >= 11 is 0. The van der Waals surface area contributed by atoms with Crippen molar-refractivity contribution in [3.05, 3.63) is 61.5 Å². The summed E-state index contributed by atoms with van der Waals surface area (Å²) in [5, 5.41) is 8.49. The monoisotopic (exact) mass is 383 g/mol. The van der Waals surface area contributed by atoms with E-state index in [4.69, 9.17) is 4.98 Å². The number of aryl methyl sites for hydroxylation is 7. The summed E-state index contributed by atoms with van der Waals surface area (Å²) in [7, 11) is 0. The molecule has 1 heterocycles. The Morgan fingerprint density at radius 2 is 0.552 bits per heavy atom. The van der Waals surface area contributed by atoms with E-state index in [-0.39, 0.29) is 0 Å². The first kappa shape index (κ1) is 19.9. The third-order valence-electron chi connectivity index (χ3n) is 7.99. The topological polar surface area (TPSA) is 12.9 Å². The average Bonchev–Trinajstić information content (AvgIpc) is 2.69. The van der Waals surface area contributed by atoms with Crippen LogP contribution in [0.15, 0.2) is 0 Å². The van der Waals surface area contributed by atoms with Gasteiger partial charge in [-0.15, -0.1) is 0 Å². The molecule has 0 aliphatic carbocycles. The van der Waals surface area contributed by atoms with E-state index in [1.54, 1.807) is 0 Å². The molecule has 3 aromatic carbocycles. The zero-order valence-corrected chi connectivity index (χ0v) is 19.9. The number of aromatic nitrogens is 1. The largest absolute Gasteiger partial charge is 0.258 e. The highest BCUT2D eigenvalue weighted by Gasteiger charge is 2.23. The van der Waals surface area contributed by atoms with Crippen LogP contribution in [0.1, 0.15) is 61.5 Å². The van der Waals surface area contributed by atoms with Crippen molar-refractivity contribution >= 4 is 32.3 Å². The molecule has 1 heteroatoms. The molecule has 4 rings (SSSR count). The van der Waals surface area contributed by atoms with Crippen molar-refractivity contribution in [3.63, 3.8) is 0 Å². The second kappa shape index (κ2) is 6.29. The van der Waals surface area contributed by atoms with Crippen LogP contribution in [0.25, 0.3) is 32.3 Å². The zero-order valence-electron chi connectivity index (χ0n) is 19.9. The molecule has 1 aromatic heterocycles. The smallest absolute Gasteiger partial charge is 0.0460 e. The predicted molar refractivity (Wildman–Crippen MR) is 129 cm³/mol. The van der Waals surface area contributed by atoms with Gasteiger partial charge >= 0.3 is 0 Å². The van der Waals surface area contributed by atoms with E-state index in [1.165, 1.54) is 82.4 Å². The third kappa shape index (κ3) is 2.37. The normalized spacial score (nSPS) is 12.0. The molecule has 0 saturated heterocycles. The fourth-order valence-electron chi connectivity index (χ4n) is 5.43. The zero-order chi connectivity index (χ0) is 21.5. The van der Waals surface area contributed by atoms with Crippen LogP contribution in [0, 0.1) is 76.2 Å². The molecule has 0 N–H and O–H groups in total. The minimum Gasteiger partial charge on any atom is -0.258 e. The molecular formula is C28H33N. The minimum atomic E-state index is 1.14. The molecule has 1 nitrogen and oxygen atoms in total. The van der Waals surface area contributed by atoms with Gasteiger partial charge in [0.15, 0.2) is 0 Å². The molecule has 0 fully saturated rings. The summed E-state index contributed by atoms with van der Waals surface area (Å²) in [5.41, 5.74) is 14.9. The second-order valence-electron chi connectivity index (χ2n) is 9.16. The van der Waals surface area contributed by atoms with E-state index >= 15 is 0 Å². The maximum Gasteiger partial charge on any atom is 0.0460 e. The van der Waals surface area contributed by atoms with Crippen LogP contribution in [-0.2, 0) is 0 Å². The van der Waals surface area contributed by atoms with Crippen molar-refractivity contribution in [3.8, 4) is 0 Å². The first-order valence-electron chi connectivity index (χ1n) is 10.7. The molecule has 4 aromatic rings. The van der Waals surface area contributed by atoms with Crippen LogP contribution in [0.4, 0.5) is 0 Å². The molecule has 0 spiro atoms. The average molecular weight is 384 g/mol. The standard InChI is InChI=1S/C28H33N/c1-12-13(2)18(7)25-23(16(12)5)24-17(6)14(3)15(4)19(8)26(24)28-22(11)29-21(10)20(9)27(25)28/h1-11H3. The molecule has 0 amide bonds. The second-order valence-corrected chi connectivity index (χ2v) is 9.16. The Bertz CT molecular complexity index is 1340. The molecule has 0 aliphatic rings. The molecule has 0 aliphatic heterocycles. The van der Waals surface area contributed by atoms with Gasteiger partial charge in [-0.1, -0.05) is 0 Å². The summed E-state index contributed by atoms with van der Waals surface area (Å²) in [6.45, 7) is 24.9. The molecule has 0 saturated carbocycles. The number of hydrogen-bond donors (Lipinski definition) is 0. The van der Waals surface area contributed by atoms with E-state index in [0.717, 1.165) is 11.4 Å². The van der Waals surface area contributed by atoms with Crippen molar-refractivity contribution in [2.24, 2.45) is 0 Å². The van der Waals surface area contributed by atoms with Gasteiger partial charge in [0.25, 0.3) is 0 Å². The third-order valence-corrected chi connectivity index (χ3v) is 7.99. The highest BCUT2D eigenvalue weighted by molar-refractivity contribution is 6.30. The van der Waals surface area contributed by atoms with Gasteiger partial charge in [0.1, 0.15) is 0 Å². The number of hydrogen-bond acceptors (Lipinski definition) is 1. The number of fused-ring (bicyclic) bond motifs is 6. The molecular weight excluding hydrogens is 350 g/mol. The SMILES string of the molecule is Cc1nc(C)c2c(c1C)c1c(C)c(C)c(C)c(C)c1c1c(C)c(C)c(C)c(C)c21. The van der Waals surface area contributed by atoms with Crippen LogP contribution in [-0.4, -0.2) is 4.98 Å². The van der Waals surface area contributed by atoms with E-state index in [0.29, 0.717) is 0 Å². The van der Waals surface area contributed by atoms with Crippen LogP contribution < -0.4 is 0 Å². The summed E-state index contributed by atoms with van der Waals surface area (Å²) in [6.07, 6.45) is 0. The number of pyridine rings is 1. The fraction of sp³-hybridized carbons (Fsp3) is 0.393. The molecule has 0 bridgehead atoms. The Morgan fingerprint density at radius 3 is 0.897 bits per heavy atom. The van der Waals surface area contributed by atoms with E-state index in [9.17, 15) is 0 Å². The van der Waals surface area contributed by atoms with Crippen LogP contribution in [0.3, 0.4) is 0 Å². The van der Waals surface area contributed by atoms with Gasteiger partial charge in [-0.25, -0.2) is 0 Å². The highest BCUT2D eigenvalue weighted by Crippen LogP contribution is 2.46. The maximum atomic E-state index is 4.97. The van der Waals surface area contributed by atoms with E-state index in [1.807, 2.05) is 0 Å². The Hall–Kier alpha value is -2.41. The molecule has 0 atom stereocenters. The van der Waals surface area contributed by atoms with E-state index in [2.05, 4.69) is 76.2 Å². The summed E-state index contributed by atoms with van der Waals surface area (Å²) in [6, 6.07) is 0. The predicted octanol–water partition coefficient (Wildman–Crippen LogP) is 7.93. The van der Waals surface area contributed by atoms with E-state index < -0.39 is 0 Å². The Kier molecular flexibility index (Phi) is 4.31. The van der Waals surface area contributed by atoms with Crippen molar-refractivity contribution < 1.29 is 0 Å². The van der Waals surface area contributed by atoms with Gasteiger partial charge in [-0.2, -0.15) is 0 Å². The van der Waals surface area contributed by atoms with Crippen LogP contribution >= 0.6 is 0 Å². The van der Waals surface area contributed by atoms with Crippen LogP contribution in [0.2, 0.25) is 0 Å². The lowest BCUT2D eigenvalue weighted by atomic mass is 9.80. The van der Waals surface area contributed by atoms with Crippen LogP contribution in [0.5, 0.6) is 0 Å². The summed E-state index contributed by atoms with van der Waals surface area (Å²) in [4.78, 5) is 4.97. The quantitative estimate of drug-likeness (QED) is 0.281. The number of rotatable bonds is 0. The van der Waals surface area contributed by atoms with Gasteiger partial charge in [-0.05, 0) is 153 Å². The number of benzene rings is 3. The number of nitrogens with zero attached hydrogens (tertiary/aromatic N) is 1. The summed E-state index contributed by atoms with van der Waals surface area (Å²) in [5.74, 6) is 0. The van der Waals surface area contributed by atoms with Gasteiger partial charge in [0.05, 0.1) is 0 Å². The molecule has 150 valence electrons. The lowest BCUT2D eigenvalue weighted by Gasteiger charge is -2.25. The van der Waals surface area contributed by atoms with Gasteiger partial charge < -0.3 is 0 Å². The van der Waals surface area contributed by atoms with Gasteiger partial charge in [0.2, 0.25) is 0 Å². The Balaban J connectivity index is 2.65. The summed E-state index contributed by atoms with van der Waals surface area (Å²) < 4.78 is 0. The van der Waals surface area contributed by atoms with Crippen molar-refractivity contribution in [1.82, 2.24) is 4.98 Å². The fourth-order valence-corrected chi connectivity index (χ4v) is 5.43. The Morgan fingerprint density at radius 1 is 0.276 bits per heavy atom. The van der Waals surface area contributed by atoms with Gasteiger partial charge in [-0.3, -0.25) is 4.98 Å². The lowest BCUT2D eigenvalue weighted by Crippen LogP contribution is -2.04. The first-order chi connectivity index (χ1) is 13.5. The lowest BCUT2D eigenvalue weighted by molar-refractivity contribution is 1.12. The van der Waals surface area contributed by atoms with Crippen molar-refractivity contribution in [2.75, 3.05) is 0 Å². The van der Waals surface area contributed by atoms with Gasteiger partial charge in [0, 0.05) is 16.8 Å². The highest BCUT2D eigenvalue weighted by atomic mass is 14.7. The maximum absolute atomic E-state index is 4.97. The molecule has 0 unspecified atom stereocenters. The minimum absolute atomic E-state index is 1.14. The molecule has 29 heavy (non-hydrogen) atoms.